The number of methoxy groups -OCH3 is 1. The molecule has 0 bridgehead atoms. The maximum absolute atomic E-state index is 13.3. The third kappa shape index (κ3) is 2.56. The molecule has 1 fully saturated rings. The Morgan fingerprint density at radius 3 is 2.82 bits per heavy atom. The van der Waals surface area contributed by atoms with Crippen molar-refractivity contribution in [3.63, 3.8) is 0 Å². The van der Waals surface area contributed by atoms with Gasteiger partial charge in [-0.05, 0) is 24.1 Å². The first kappa shape index (κ1) is 12.3. The molecule has 0 saturated carbocycles. The van der Waals surface area contributed by atoms with Gasteiger partial charge < -0.3 is 14.6 Å². The first-order valence-electron chi connectivity index (χ1n) is 5.44. The van der Waals surface area contributed by atoms with Crippen LogP contribution in [-0.4, -0.2) is 24.9 Å². The van der Waals surface area contributed by atoms with Gasteiger partial charge in [0.1, 0.15) is 0 Å². The number of benzene rings is 1. The van der Waals surface area contributed by atoms with Crippen molar-refractivity contribution in [3.8, 4) is 5.75 Å². The fourth-order valence-electron chi connectivity index (χ4n) is 1.93. The lowest BCUT2D eigenvalue weighted by atomic mass is 9.99. The van der Waals surface area contributed by atoms with Gasteiger partial charge in [0.15, 0.2) is 11.6 Å². The smallest absolute Gasteiger partial charge is 0.200 e. The lowest BCUT2D eigenvalue weighted by molar-refractivity contribution is -0.0450. The van der Waals surface area contributed by atoms with E-state index in [1.54, 1.807) is 0 Å². The molecule has 2 rings (SSSR count). The van der Waals surface area contributed by atoms with Crippen LogP contribution in [0.5, 0.6) is 5.75 Å². The molecular formula is C12H14F2O3. The highest BCUT2D eigenvalue weighted by Gasteiger charge is 2.24. The standard InChI is InChI=1S/C12H14F2O3/c1-16-11-5-7(4-9(13)12(11)14)10-6-8(15)2-3-17-10/h4-5,8,10,15H,2-3,6H2,1H3. The number of rotatable bonds is 2. The van der Waals surface area contributed by atoms with Gasteiger partial charge in [0, 0.05) is 13.0 Å². The zero-order chi connectivity index (χ0) is 12.4. The highest BCUT2D eigenvalue weighted by atomic mass is 19.2. The van der Waals surface area contributed by atoms with E-state index >= 15 is 0 Å². The van der Waals surface area contributed by atoms with E-state index < -0.39 is 23.8 Å². The Morgan fingerprint density at radius 1 is 1.41 bits per heavy atom. The maximum Gasteiger partial charge on any atom is 0.200 e. The van der Waals surface area contributed by atoms with Gasteiger partial charge in [-0.1, -0.05) is 0 Å². The van der Waals surface area contributed by atoms with Crippen LogP contribution in [0.25, 0.3) is 0 Å². The van der Waals surface area contributed by atoms with E-state index in [4.69, 9.17) is 9.47 Å². The van der Waals surface area contributed by atoms with Gasteiger partial charge in [0.05, 0.1) is 19.3 Å². The molecule has 1 saturated heterocycles. The molecule has 5 heteroatoms. The summed E-state index contributed by atoms with van der Waals surface area (Å²) < 4.78 is 36.7. The predicted octanol–water partition coefficient (Wildman–Crippen LogP) is 2.19. The first-order chi connectivity index (χ1) is 8.11. The molecule has 0 aromatic heterocycles. The Labute approximate surface area is 98.0 Å². The number of hydrogen-bond acceptors (Lipinski definition) is 3. The molecule has 1 aromatic carbocycles. The van der Waals surface area contributed by atoms with Gasteiger partial charge in [-0.15, -0.1) is 0 Å². The van der Waals surface area contributed by atoms with Crippen molar-refractivity contribution in [1.29, 1.82) is 0 Å². The Balaban J connectivity index is 2.29. The van der Waals surface area contributed by atoms with Crippen LogP contribution >= 0.6 is 0 Å². The SMILES string of the molecule is COc1cc(C2CC(O)CCO2)cc(F)c1F. The van der Waals surface area contributed by atoms with E-state index in [0.717, 1.165) is 6.07 Å². The first-order valence-corrected chi connectivity index (χ1v) is 5.44. The summed E-state index contributed by atoms with van der Waals surface area (Å²) in [5.41, 5.74) is 0.486. The van der Waals surface area contributed by atoms with E-state index in [9.17, 15) is 13.9 Å². The Kier molecular flexibility index (Phi) is 3.59. The van der Waals surface area contributed by atoms with Crippen LogP contribution in [0.4, 0.5) is 8.78 Å². The molecular weight excluding hydrogens is 230 g/mol. The maximum atomic E-state index is 13.3. The monoisotopic (exact) mass is 244 g/mol. The summed E-state index contributed by atoms with van der Waals surface area (Å²) in [6.45, 7) is 0.410. The van der Waals surface area contributed by atoms with Crippen LogP contribution in [0.15, 0.2) is 12.1 Å². The summed E-state index contributed by atoms with van der Waals surface area (Å²) in [6.07, 6.45) is 0.0709. The van der Waals surface area contributed by atoms with Gasteiger partial charge in [-0.3, -0.25) is 0 Å². The second kappa shape index (κ2) is 4.98. The lowest BCUT2D eigenvalue weighted by Gasteiger charge is -2.27. The van der Waals surface area contributed by atoms with Crippen LogP contribution in [0, 0.1) is 11.6 Å². The van der Waals surface area contributed by atoms with Crippen molar-refractivity contribution in [2.45, 2.75) is 25.0 Å². The highest BCUT2D eigenvalue weighted by Crippen LogP contribution is 2.32. The molecule has 1 heterocycles. The zero-order valence-corrected chi connectivity index (χ0v) is 9.45. The van der Waals surface area contributed by atoms with Gasteiger partial charge >= 0.3 is 0 Å². The van der Waals surface area contributed by atoms with Crippen molar-refractivity contribution in [1.82, 2.24) is 0 Å². The van der Waals surface area contributed by atoms with Crippen molar-refractivity contribution in [3.05, 3.63) is 29.3 Å². The minimum atomic E-state index is -1.01. The lowest BCUT2D eigenvalue weighted by Crippen LogP contribution is -2.23. The number of aliphatic hydroxyl groups is 1. The van der Waals surface area contributed by atoms with Crippen LogP contribution in [0.1, 0.15) is 24.5 Å². The number of halogens is 2. The summed E-state index contributed by atoms with van der Waals surface area (Å²) in [7, 11) is 1.28. The van der Waals surface area contributed by atoms with Crippen LogP contribution in [-0.2, 0) is 4.74 Å². The zero-order valence-electron chi connectivity index (χ0n) is 9.45. The number of hydrogen-bond donors (Lipinski definition) is 1. The Morgan fingerprint density at radius 2 is 2.18 bits per heavy atom. The molecule has 0 radical (unpaired) electrons. The summed E-state index contributed by atoms with van der Waals surface area (Å²) in [5, 5.41) is 9.51. The minimum absolute atomic E-state index is 0.149. The largest absolute Gasteiger partial charge is 0.494 e. The van der Waals surface area contributed by atoms with E-state index in [1.807, 2.05) is 0 Å². The van der Waals surface area contributed by atoms with Gasteiger partial charge in [0.25, 0.3) is 0 Å². The van der Waals surface area contributed by atoms with Gasteiger partial charge in [-0.2, -0.15) is 4.39 Å². The molecule has 3 nitrogen and oxygen atoms in total. The summed E-state index contributed by atoms with van der Waals surface area (Å²) in [4.78, 5) is 0. The van der Waals surface area contributed by atoms with E-state index in [2.05, 4.69) is 0 Å². The van der Waals surface area contributed by atoms with Crippen LogP contribution < -0.4 is 4.74 Å². The topological polar surface area (TPSA) is 38.7 Å². The molecule has 0 amide bonds. The minimum Gasteiger partial charge on any atom is -0.494 e. The molecule has 1 aromatic rings. The third-order valence-corrected chi connectivity index (χ3v) is 2.87. The number of ether oxygens (including phenoxy) is 2. The summed E-state index contributed by atoms with van der Waals surface area (Å²) in [5.74, 6) is -2.13. The number of aliphatic hydroxyl groups excluding tert-OH is 1. The van der Waals surface area contributed by atoms with E-state index in [-0.39, 0.29) is 5.75 Å². The highest BCUT2D eigenvalue weighted by molar-refractivity contribution is 5.33. The second-order valence-corrected chi connectivity index (χ2v) is 4.06. The predicted molar refractivity (Wildman–Crippen MR) is 56.8 cm³/mol. The Bertz CT molecular complexity index is 409. The van der Waals surface area contributed by atoms with Crippen molar-refractivity contribution in [2.75, 3.05) is 13.7 Å². The molecule has 1 N–H and O–H groups in total. The molecule has 2 unspecified atom stereocenters. The van der Waals surface area contributed by atoms with Gasteiger partial charge in [0.2, 0.25) is 5.82 Å². The summed E-state index contributed by atoms with van der Waals surface area (Å²) >= 11 is 0. The molecule has 2 atom stereocenters. The average Bonchev–Trinajstić information content (AvgIpc) is 2.32. The normalized spacial score (nSPS) is 24.7. The third-order valence-electron chi connectivity index (χ3n) is 2.87. The van der Waals surface area contributed by atoms with E-state index in [1.165, 1.54) is 13.2 Å². The van der Waals surface area contributed by atoms with E-state index in [0.29, 0.717) is 25.0 Å². The molecule has 1 aliphatic rings. The molecule has 17 heavy (non-hydrogen) atoms. The fraction of sp³-hybridized carbons (Fsp3) is 0.500. The quantitative estimate of drug-likeness (QED) is 0.866. The van der Waals surface area contributed by atoms with Crippen LogP contribution in [0.3, 0.4) is 0 Å². The average molecular weight is 244 g/mol. The second-order valence-electron chi connectivity index (χ2n) is 4.06. The fourth-order valence-corrected chi connectivity index (χ4v) is 1.93. The van der Waals surface area contributed by atoms with Crippen molar-refractivity contribution in [2.24, 2.45) is 0 Å². The Hall–Kier alpha value is -1.20. The molecule has 0 aliphatic carbocycles. The van der Waals surface area contributed by atoms with Gasteiger partial charge in [-0.25, -0.2) is 4.39 Å². The van der Waals surface area contributed by atoms with Crippen LogP contribution in [0.2, 0.25) is 0 Å². The van der Waals surface area contributed by atoms with Crippen molar-refractivity contribution >= 4 is 0 Å². The molecule has 0 spiro atoms. The molecule has 1 aliphatic heterocycles. The molecule has 94 valence electrons. The van der Waals surface area contributed by atoms with Crippen molar-refractivity contribution < 1.29 is 23.4 Å². The summed E-state index contributed by atoms with van der Waals surface area (Å²) in [6, 6.07) is 2.49.